The van der Waals surface area contributed by atoms with Crippen LogP contribution in [0.2, 0.25) is 0 Å². The van der Waals surface area contributed by atoms with E-state index in [1.807, 2.05) is 0 Å². The standard InChI is InChI=1S/C15H18F2N4O/c16-11-3-4-13(14(17)6-11)15(22)8-20-5-1-2-12(20)7-21-10-18-9-19-21/h3-4,6,9-10,12,15,22H,1-2,5,7-8H2/t12-,15+/m0/s1. The zero-order chi connectivity index (χ0) is 15.5. The van der Waals surface area contributed by atoms with Crippen molar-refractivity contribution in [3.63, 3.8) is 0 Å². The molecule has 3 rings (SSSR count). The molecular weight excluding hydrogens is 290 g/mol. The molecule has 1 aromatic heterocycles. The van der Waals surface area contributed by atoms with E-state index in [9.17, 15) is 13.9 Å². The molecule has 0 radical (unpaired) electrons. The highest BCUT2D eigenvalue weighted by atomic mass is 19.1. The highest BCUT2D eigenvalue weighted by Gasteiger charge is 2.28. The average molecular weight is 308 g/mol. The van der Waals surface area contributed by atoms with Gasteiger partial charge in [-0.15, -0.1) is 0 Å². The van der Waals surface area contributed by atoms with Crippen molar-refractivity contribution in [2.24, 2.45) is 0 Å². The van der Waals surface area contributed by atoms with Crippen LogP contribution in [0.3, 0.4) is 0 Å². The van der Waals surface area contributed by atoms with Gasteiger partial charge in [0.1, 0.15) is 24.3 Å². The van der Waals surface area contributed by atoms with E-state index in [2.05, 4.69) is 15.0 Å². The lowest BCUT2D eigenvalue weighted by Gasteiger charge is -2.27. The van der Waals surface area contributed by atoms with Gasteiger partial charge in [-0.05, 0) is 25.5 Å². The quantitative estimate of drug-likeness (QED) is 0.914. The zero-order valence-electron chi connectivity index (χ0n) is 12.1. The molecule has 5 nitrogen and oxygen atoms in total. The molecule has 2 aromatic rings. The lowest BCUT2D eigenvalue weighted by molar-refractivity contribution is 0.0977. The average Bonchev–Trinajstić information content (AvgIpc) is 3.12. The molecule has 118 valence electrons. The van der Waals surface area contributed by atoms with Crippen molar-refractivity contribution in [2.45, 2.75) is 31.5 Å². The van der Waals surface area contributed by atoms with E-state index in [1.54, 1.807) is 11.0 Å². The van der Waals surface area contributed by atoms with Gasteiger partial charge in [0.25, 0.3) is 0 Å². The van der Waals surface area contributed by atoms with Crippen LogP contribution in [0.4, 0.5) is 8.78 Å². The number of rotatable bonds is 5. The first-order valence-corrected chi connectivity index (χ1v) is 7.33. The van der Waals surface area contributed by atoms with Crippen LogP contribution < -0.4 is 0 Å². The number of benzene rings is 1. The summed E-state index contributed by atoms with van der Waals surface area (Å²) in [5, 5.41) is 14.3. The summed E-state index contributed by atoms with van der Waals surface area (Å²) in [5.74, 6) is -1.35. The van der Waals surface area contributed by atoms with Gasteiger partial charge in [-0.1, -0.05) is 6.07 Å². The van der Waals surface area contributed by atoms with Crippen molar-refractivity contribution in [3.05, 3.63) is 48.1 Å². The van der Waals surface area contributed by atoms with E-state index in [0.717, 1.165) is 25.5 Å². The maximum atomic E-state index is 13.7. The van der Waals surface area contributed by atoms with Crippen molar-refractivity contribution in [1.29, 1.82) is 0 Å². The third-order valence-electron chi connectivity index (χ3n) is 4.09. The predicted molar refractivity (Wildman–Crippen MR) is 75.9 cm³/mol. The maximum Gasteiger partial charge on any atom is 0.137 e. The van der Waals surface area contributed by atoms with Crippen molar-refractivity contribution in [2.75, 3.05) is 13.1 Å². The van der Waals surface area contributed by atoms with Crippen molar-refractivity contribution >= 4 is 0 Å². The van der Waals surface area contributed by atoms with Crippen LogP contribution in [0.15, 0.2) is 30.9 Å². The molecule has 0 bridgehead atoms. The van der Waals surface area contributed by atoms with Crippen LogP contribution in [0.5, 0.6) is 0 Å². The molecular formula is C15H18F2N4O. The lowest BCUT2D eigenvalue weighted by atomic mass is 10.1. The fourth-order valence-electron chi connectivity index (χ4n) is 2.98. The summed E-state index contributed by atoms with van der Waals surface area (Å²) in [7, 11) is 0. The van der Waals surface area contributed by atoms with Gasteiger partial charge in [0.05, 0.1) is 12.6 Å². The molecule has 7 heteroatoms. The number of aliphatic hydroxyl groups is 1. The molecule has 22 heavy (non-hydrogen) atoms. The number of aromatic nitrogens is 3. The molecule has 1 fully saturated rings. The Morgan fingerprint density at radius 2 is 2.23 bits per heavy atom. The van der Waals surface area contributed by atoms with Crippen LogP contribution in [0.25, 0.3) is 0 Å². The second kappa shape index (κ2) is 6.50. The van der Waals surface area contributed by atoms with Crippen molar-refractivity contribution < 1.29 is 13.9 Å². The van der Waals surface area contributed by atoms with Gasteiger partial charge in [0.2, 0.25) is 0 Å². The molecule has 2 atom stereocenters. The van der Waals surface area contributed by atoms with E-state index in [4.69, 9.17) is 0 Å². The topological polar surface area (TPSA) is 54.2 Å². The molecule has 1 saturated heterocycles. The normalized spacial score (nSPS) is 20.4. The molecule has 0 spiro atoms. The summed E-state index contributed by atoms with van der Waals surface area (Å²) < 4.78 is 28.4. The van der Waals surface area contributed by atoms with E-state index < -0.39 is 17.7 Å². The summed E-state index contributed by atoms with van der Waals surface area (Å²) in [6.07, 6.45) is 4.20. The Bertz CT molecular complexity index is 620. The molecule has 0 unspecified atom stereocenters. The highest BCUT2D eigenvalue weighted by Crippen LogP contribution is 2.24. The largest absolute Gasteiger partial charge is 0.387 e. The Balaban J connectivity index is 1.65. The van der Waals surface area contributed by atoms with E-state index >= 15 is 0 Å². The Hall–Kier alpha value is -1.86. The molecule has 1 aliphatic heterocycles. The summed E-state index contributed by atoms with van der Waals surface area (Å²) >= 11 is 0. The van der Waals surface area contributed by atoms with Gasteiger partial charge in [0.15, 0.2) is 0 Å². The number of likely N-dealkylation sites (tertiary alicyclic amines) is 1. The minimum Gasteiger partial charge on any atom is -0.387 e. The molecule has 1 N–H and O–H groups in total. The van der Waals surface area contributed by atoms with Crippen LogP contribution in [-0.2, 0) is 6.54 Å². The molecule has 2 heterocycles. The zero-order valence-corrected chi connectivity index (χ0v) is 12.1. The van der Waals surface area contributed by atoms with E-state index in [0.29, 0.717) is 13.1 Å². The monoisotopic (exact) mass is 308 g/mol. The number of aliphatic hydroxyl groups excluding tert-OH is 1. The summed E-state index contributed by atoms with van der Waals surface area (Å²) in [4.78, 5) is 6.04. The molecule has 1 aliphatic rings. The minimum atomic E-state index is -0.975. The number of nitrogens with zero attached hydrogens (tertiary/aromatic N) is 4. The predicted octanol–water partition coefficient (Wildman–Crippen LogP) is 1.75. The fourth-order valence-corrected chi connectivity index (χ4v) is 2.98. The Morgan fingerprint density at radius 1 is 1.36 bits per heavy atom. The number of hydrogen-bond donors (Lipinski definition) is 1. The Labute approximate surface area is 127 Å². The van der Waals surface area contributed by atoms with Crippen LogP contribution >= 0.6 is 0 Å². The van der Waals surface area contributed by atoms with Crippen molar-refractivity contribution in [3.8, 4) is 0 Å². The van der Waals surface area contributed by atoms with Crippen LogP contribution in [0.1, 0.15) is 24.5 Å². The number of hydrogen-bond acceptors (Lipinski definition) is 4. The lowest BCUT2D eigenvalue weighted by Crippen LogP contribution is -2.36. The Morgan fingerprint density at radius 3 is 2.95 bits per heavy atom. The minimum absolute atomic E-state index is 0.132. The van der Waals surface area contributed by atoms with Gasteiger partial charge >= 0.3 is 0 Å². The van der Waals surface area contributed by atoms with Crippen molar-refractivity contribution in [1.82, 2.24) is 19.7 Å². The molecule has 0 amide bonds. The maximum absolute atomic E-state index is 13.7. The highest BCUT2D eigenvalue weighted by molar-refractivity contribution is 5.21. The van der Waals surface area contributed by atoms with Gasteiger partial charge in [0, 0.05) is 24.2 Å². The third-order valence-corrected chi connectivity index (χ3v) is 4.09. The van der Waals surface area contributed by atoms with Gasteiger partial charge < -0.3 is 5.11 Å². The van der Waals surface area contributed by atoms with Gasteiger partial charge in [-0.3, -0.25) is 9.58 Å². The summed E-state index contributed by atoms with van der Waals surface area (Å²) in [6, 6.07) is 3.51. The summed E-state index contributed by atoms with van der Waals surface area (Å²) in [5.41, 5.74) is 0.132. The van der Waals surface area contributed by atoms with Gasteiger partial charge in [-0.25, -0.2) is 13.8 Å². The van der Waals surface area contributed by atoms with E-state index in [-0.39, 0.29) is 11.6 Å². The second-order valence-electron chi connectivity index (χ2n) is 5.59. The first kappa shape index (κ1) is 15.1. The number of β-amino-alcohol motifs (C(OH)–C–C–N with tert-alkyl or cyclic N) is 1. The first-order chi connectivity index (χ1) is 10.6. The van der Waals surface area contributed by atoms with Gasteiger partial charge in [-0.2, -0.15) is 5.10 Å². The SMILES string of the molecule is O[C@H](CN1CCC[C@H]1Cn1cncn1)c1ccc(F)cc1F. The Kier molecular flexibility index (Phi) is 4.44. The third kappa shape index (κ3) is 3.31. The fraction of sp³-hybridized carbons (Fsp3) is 0.467. The van der Waals surface area contributed by atoms with Crippen LogP contribution in [0, 0.1) is 11.6 Å². The molecule has 1 aromatic carbocycles. The van der Waals surface area contributed by atoms with E-state index in [1.165, 1.54) is 18.5 Å². The first-order valence-electron chi connectivity index (χ1n) is 7.33. The van der Waals surface area contributed by atoms with Crippen LogP contribution in [-0.4, -0.2) is 43.9 Å². The molecule has 0 aliphatic carbocycles. The smallest absolute Gasteiger partial charge is 0.137 e. The number of halogens is 2. The second-order valence-corrected chi connectivity index (χ2v) is 5.59. The summed E-state index contributed by atoms with van der Waals surface area (Å²) in [6.45, 7) is 1.86. The molecule has 0 saturated carbocycles.